The SMILES string of the molecule is BrCCCCCn1c2c(c3ccccc31)CCCc1ccccc1-2. The molecule has 0 aliphatic heterocycles. The largest absolute Gasteiger partial charge is 0.340 e. The van der Waals surface area contributed by atoms with Gasteiger partial charge in [-0.3, -0.25) is 0 Å². The lowest BCUT2D eigenvalue weighted by Crippen LogP contribution is -2.02. The van der Waals surface area contributed by atoms with Crippen molar-refractivity contribution < 1.29 is 0 Å². The summed E-state index contributed by atoms with van der Waals surface area (Å²) in [6, 6.07) is 18.0. The summed E-state index contributed by atoms with van der Waals surface area (Å²) in [5, 5.41) is 2.57. The number of hydrogen-bond donors (Lipinski definition) is 0. The lowest BCUT2D eigenvalue weighted by atomic mass is 10.0. The summed E-state index contributed by atoms with van der Waals surface area (Å²) in [6.07, 6.45) is 7.44. The number of rotatable bonds is 5. The molecular formula is C22H24BrN. The van der Waals surface area contributed by atoms with E-state index in [2.05, 4.69) is 69.0 Å². The van der Waals surface area contributed by atoms with Crippen LogP contribution in [0.25, 0.3) is 22.2 Å². The van der Waals surface area contributed by atoms with Crippen LogP contribution < -0.4 is 0 Å². The van der Waals surface area contributed by atoms with Gasteiger partial charge in [0.05, 0.1) is 5.69 Å². The first-order chi connectivity index (χ1) is 11.9. The van der Waals surface area contributed by atoms with Crippen LogP contribution in [0.4, 0.5) is 0 Å². The highest BCUT2D eigenvalue weighted by atomic mass is 79.9. The molecule has 2 aromatic carbocycles. The van der Waals surface area contributed by atoms with Gasteiger partial charge in [-0.2, -0.15) is 0 Å². The maximum atomic E-state index is 3.55. The van der Waals surface area contributed by atoms with Crippen molar-refractivity contribution >= 4 is 26.8 Å². The van der Waals surface area contributed by atoms with Crippen LogP contribution in [0.2, 0.25) is 0 Å². The molecule has 1 aliphatic carbocycles. The third kappa shape index (κ3) is 2.82. The second-order valence-corrected chi connectivity index (χ2v) is 7.55. The Balaban J connectivity index is 1.87. The average molecular weight is 382 g/mol. The van der Waals surface area contributed by atoms with Crippen LogP contribution >= 0.6 is 15.9 Å². The number of nitrogens with zero attached hydrogens (tertiary/aromatic N) is 1. The van der Waals surface area contributed by atoms with E-state index < -0.39 is 0 Å². The van der Waals surface area contributed by atoms with Crippen molar-refractivity contribution in [2.75, 3.05) is 5.33 Å². The van der Waals surface area contributed by atoms with Crippen molar-refractivity contribution in [1.29, 1.82) is 0 Å². The second-order valence-electron chi connectivity index (χ2n) is 6.76. The molecule has 0 saturated carbocycles. The van der Waals surface area contributed by atoms with Gasteiger partial charge in [0, 0.05) is 28.3 Å². The molecule has 0 radical (unpaired) electrons. The van der Waals surface area contributed by atoms with Gasteiger partial charge in [-0.1, -0.05) is 64.8 Å². The summed E-state index contributed by atoms with van der Waals surface area (Å²) in [4.78, 5) is 0. The minimum absolute atomic E-state index is 1.11. The smallest absolute Gasteiger partial charge is 0.0526 e. The number of para-hydroxylation sites is 1. The molecule has 0 spiro atoms. The third-order valence-electron chi connectivity index (χ3n) is 5.24. The molecule has 0 amide bonds. The Kier molecular flexibility index (Phi) is 4.75. The predicted octanol–water partition coefficient (Wildman–Crippen LogP) is 6.36. The average Bonchev–Trinajstić information content (AvgIpc) is 2.80. The van der Waals surface area contributed by atoms with Crippen LogP contribution in [0.1, 0.15) is 36.8 Å². The zero-order valence-electron chi connectivity index (χ0n) is 14.1. The zero-order valence-corrected chi connectivity index (χ0v) is 15.7. The fourth-order valence-electron chi connectivity index (χ4n) is 4.13. The van der Waals surface area contributed by atoms with Crippen molar-refractivity contribution in [2.45, 2.75) is 45.1 Å². The summed E-state index contributed by atoms with van der Waals surface area (Å²) in [6.45, 7) is 1.12. The summed E-state index contributed by atoms with van der Waals surface area (Å²) in [5.74, 6) is 0. The van der Waals surface area contributed by atoms with Crippen molar-refractivity contribution in [3.63, 3.8) is 0 Å². The molecule has 1 aromatic heterocycles. The van der Waals surface area contributed by atoms with Gasteiger partial charge in [-0.25, -0.2) is 0 Å². The first-order valence-corrected chi connectivity index (χ1v) is 10.3. The third-order valence-corrected chi connectivity index (χ3v) is 5.80. The van der Waals surface area contributed by atoms with E-state index in [1.807, 2.05) is 0 Å². The molecule has 2 heteroatoms. The molecule has 124 valence electrons. The van der Waals surface area contributed by atoms with E-state index in [-0.39, 0.29) is 0 Å². The van der Waals surface area contributed by atoms with E-state index in [0.717, 1.165) is 11.9 Å². The molecule has 1 nitrogen and oxygen atoms in total. The number of aromatic nitrogens is 1. The zero-order chi connectivity index (χ0) is 16.4. The van der Waals surface area contributed by atoms with Gasteiger partial charge in [0.1, 0.15) is 0 Å². The fraction of sp³-hybridized carbons (Fsp3) is 0.364. The molecule has 0 atom stereocenters. The highest BCUT2D eigenvalue weighted by molar-refractivity contribution is 9.09. The number of unbranched alkanes of at least 4 members (excludes halogenated alkanes) is 2. The summed E-state index contributed by atoms with van der Waals surface area (Å²) in [5.41, 5.74) is 7.44. The van der Waals surface area contributed by atoms with Gasteiger partial charge in [-0.05, 0) is 49.3 Å². The van der Waals surface area contributed by atoms with E-state index in [9.17, 15) is 0 Å². The molecule has 0 saturated heterocycles. The van der Waals surface area contributed by atoms with Crippen LogP contribution in [0.15, 0.2) is 48.5 Å². The lowest BCUT2D eigenvalue weighted by Gasteiger charge is -2.14. The monoisotopic (exact) mass is 381 g/mol. The van der Waals surface area contributed by atoms with Gasteiger partial charge in [0.15, 0.2) is 0 Å². The van der Waals surface area contributed by atoms with Gasteiger partial charge in [-0.15, -0.1) is 0 Å². The van der Waals surface area contributed by atoms with Crippen molar-refractivity contribution in [2.24, 2.45) is 0 Å². The summed E-state index contributed by atoms with van der Waals surface area (Å²) in [7, 11) is 0. The van der Waals surface area contributed by atoms with Gasteiger partial charge in [0.25, 0.3) is 0 Å². The van der Waals surface area contributed by atoms with Crippen LogP contribution in [-0.2, 0) is 19.4 Å². The molecule has 3 aromatic rings. The van der Waals surface area contributed by atoms with Crippen molar-refractivity contribution in [1.82, 2.24) is 4.57 Å². The summed E-state index contributed by atoms with van der Waals surface area (Å²) >= 11 is 3.55. The molecule has 1 heterocycles. The Morgan fingerprint density at radius 3 is 2.62 bits per heavy atom. The topological polar surface area (TPSA) is 4.93 Å². The highest BCUT2D eigenvalue weighted by Crippen LogP contribution is 2.39. The molecule has 0 unspecified atom stereocenters. The first-order valence-electron chi connectivity index (χ1n) is 9.14. The van der Waals surface area contributed by atoms with E-state index >= 15 is 0 Å². The van der Waals surface area contributed by atoms with Crippen LogP contribution in [-0.4, -0.2) is 9.90 Å². The Morgan fingerprint density at radius 2 is 1.71 bits per heavy atom. The number of alkyl halides is 1. The standard InChI is InChI=1S/C22H24BrN/c23-15-6-1-7-16-24-21-14-5-4-12-19(21)20-13-8-10-17-9-2-3-11-18(17)22(20)24/h2-5,9,11-12,14H,1,6-8,10,13,15-16H2. The Hall–Kier alpha value is -1.54. The van der Waals surface area contributed by atoms with Crippen molar-refractivity contribution in [3.05, 3.63) is 59.7 Å². The molecule has 4 rings (SSSR count). The fourth-order valence-corrected chi connectivity index (χ4v) is 4.53. The van der Waals surface area contributed by atoms with Crippen LogP contribution in [0, 0.1) is 0 Å². The van der Waals surface area contributed by atoms with Gasteiger partial charge in [0.2, 0.25) is 0 Å². The maximum Gasteiger partial charge on any atom is 0.0526 e. The van der Waals surface area contributed by atoms with Crippen LogP contribution in [0.5, 0.6) is 0 Å². The molecule has 24 heavy (non-hydrogen) atoms. The van der Waals surface area contributed by atoms with Gasteiger partial charge < -0.3 is 4.57 Å². The number of aryl methyl sites for hydroxylation is 3. The highest BCUT2D eigenvalue weighted by Gasteiger charge is 2.22. The van der Waals surface area contributed by atoms with E-state index in [0.29, 0.717) is 0 Å². The molecule has 0 bridgehead atoms. The molecule has 1 aliphatic rings. The Morgan fingerprint density at radius 1 is 0.875 bits per heavy atom. The van der Waals surface area contributed by atoms with E-state index in [1.54, 1.807) is 5.56 Å². The Bertz CT molecular complexity index is 846. The number of benzene rings is 2. The van der Waals surface area contributed by atoms with Gasteiger partial charge >= 0.3 is 0 Å². The lowest BCUT2D eigenvalue weighted by molar-refractivity contribution is 0.622. The van der Waals surface area contributed by atoms with Crippen molar-refractivity contribution in [3.8, 4) is 11.3 Å². The van der Waals surface area contributed by atoms with Crippen LogP contribution in [0.3, 0.4) is 0 Å². The molecule has 0 fully saturated rings. The minimum Gasteiger partial charge on any atom is -0.340 e. The quantitative estimate of drug-likeness (QED) is 0.357. The second kappa shape index (κ2) is 7.14. The van der Waals surface area contributed by atoms with E-state index in [4.69, 9.17) is 0 Å². The maximum absolute atomic E-state index is 3.55. The molecule has 0 N–H and O–H groups in total. The predicted molar refractivity (Wildman–Crippen MR) is 107 cm³/mol. The summed E-state index contributed by atoms with van der Waals surface area (Å²) < 4.78 is 2.60. The number of fused-ring (bicyclic) bond motifs is 5. The number of hydrogen-bond acceptors (Lipinski definition) is 0. The normalized spacial score (nSPS) is 13.5. The minimum atomic E-state index is 1.11. The van der Waals surface area contributed by atoms with E-state index in [1.165, 1.54) is 66.2 Å². The Labute approximate surface area is 152 Å². The molecular weight excluding hydrogens is 358 g/mol. The first kappa shape index (κ1) is 16.0. The number of halogens is 1.